The van der Waals surface area contributed by atoms with Crippen LogP contribution in [-0.2, 0) is 4.74 Å². The van der Waals surface area contributed by atoms with E-state index in [0.717, 1.165) is 38.3 Å². The van der Waals surface area contributed by atoms with E-state index in [2.05, 4.69) is 12.2 Å². The summed E-state index contributed by atoms with van der Waals surface area (Å²) >= 11 is 1.97. The number of nitrogens with one attached hydrogen (secondary N) is 1. The van der Waals surface area contributed by atoms with Gasteiger partial charge in [0.1, 0.15) is 0 Å². The van der Waals surface area contributed by atoms with Crippen molar-refractivity contribution in [3.63, 3.8) is 0 Å². The number of hydrogen-bond donors (Lipinski definition) is 1. The van der Waals surface area contributed by atoms with E-state index in [1.54, 1.807) is 12.1 Å². The molecule has 0 aliphatic carbocycles. The van der Waals surface area contributed by atoms with E-state index in [0.29, 0.717) is 3.57 Å². The lowest BCUT2D eigenvalue weighted by molar-refractivity contribution is -0.385. The molecule has 100 valence electrons. The first kappa shape index (κ1) is 15.2. The second-order valence-corrected chi connectivity index (χ2v) is 4.98. The van der Waals surface area contributed by atoms with Gasteiger partial charge in [-0.15, -0.1) is 0 Å². The molecule has 0 unspecified atom stereocenters. The van der Waals surface area contributed by atoms with Crippen LogP contribution in [-0.4, -0.2) is 24.7 Å². The monoisotopic (exact) mass is 364 g/mol. The number of anilines is 1. The molecule has 0 fully saturated rings. The molecule has 1 aromatic carbocycles. The lowest BCUT2D eigenvalue weighted by atomic mass is 10.3. The molecule has 0 aromatic heterocycles. The van der Waals surface area contributed by atoms with Crippen molar-refractivity contribution in [1.29, 1.82) is 0 Å². The normalized spacial score (nSPS) is 10.3. The van der Waals surface area contributed by atoms with Crippen LogP contribution in [0.3, 0.4) is 0 Å². The van der Waals surface area contributed by atoms with Crippen LogP contribution in [0.15, 0.2) is 18.2 Å². The maximum atomic E-state index is 10.7. The highest BCUT2D eigenvalue weighted by molar-refractivity contribution is 14.1. The van der Waals surface area contributed by atoms with Gasteiger partial charge in [-0.2, -0.15) is 0 Å². The van der Waals surface area contributed by atoms with Crippen LogP contribution in [0.2, 0.25) is 0 Å². The first-order valence-electron chi connectivity index (χ1n) is 5.90. The Morgan fingerprint density at radius 3 is 2.83 bits per heavy atom. The molecule has 0 bridgehead atoms. The van der Waals surface area contributed by atoms with E-state index in [9.17, 15) is 10.1 Å². The minimum absolute atomic E-state index is 0.146. The summed E-state index contributed by atoms with van der Waals surface area (Å²) in [5, 5.41) is 13.9. The van der Waals surface area contributed by atoms with Gasteiger partial charge >= 0.3 is 0 Å². The molecule has 0 amide bonds. The predicted octanol–water partition coefficient (Wildman–Crippen LogP) is 3.43. The molecule has 1 aromatic rings. The summed E-state index contributed by atoms with van der Waals surface area (Å²) in [6.07, 6.45) is 1.96. The van der Waals surface area contributed by atoms with Crippen molar-refractivity contribution in [2.75, 3.05) is 25.1 Å². The smallest absolute Gasteiger partial charge is 0.282 e. The first-order valence-corrected chi connectivity index (χ1v) is 6.98. The predicted molar refractivity (Wildman–Crippen MR) is 80.0 cm³/mol. The van der Waals surface area contributed by atoms with Crippen LogP contribution in [0.4, 0.5) is 11.4 Å². The maximum absolute atomic E-state index is 10.7. The van der Waals surface area contributed by atoms with E-state index < -0.39 is 0 Å². The molecular formula is C12H17IN2O3. The van der Waals surface area contributed by atoms with Crippen LogP contribution in [0.25, 0.3) is 0 Å². The molecular weight excluding hydrogens is 347 g/mol. The maximum Gasteiger partial charge on any atom is 0.282 e. The molecule has 0 aliphatic heterocycles. The Labute approximate surface area is 120 Å². The van der Waals surface area contributed by atoms with Crippen molar-refractivity contribution >= 4 is 34.0 Å². The van der Waals surface area contributed by atoms with Crippen molar-refractivity contribution < 1.29 is 9.66 Å². The fourth-order valence-corrected chi connectivity index (χ4v) is 2.13. The zero-order valence-corrected chi connectivity index (χ0v) is 12.5. The standard InChI is InChI=1S/C12H17IN2O3/c1-2-7-18-8-3-6-14-10-4-5-12(15(16)17)11(13)9-10/h4-5,9,14H,2-3,6-8H2,1H3. The highest BCUT2D eigenvalue weighted by Gasteiger charge is 2.10. The van der Waals surface area contributed by atoms with Gasteiger partial charge in [-0.25, -0.2) is 0 Å². The third-order valence-electron chi connectivity index (χ3n) is 2.29. The van der Waals surface area contributed by atoms with Crippen LogP contribution in [0.5, 0.6) is 0 Å². The summed E-state index contributed by atoms with van der Waals surface area (Å²) in [7, 11) is 0. The SMILES string of the molecule is CCCOCCCNc1ccc([N+](=O)[O-])c(I)c1. The molecule has 1 N–H and O–H groups in total. The van der Waals surface area contributed by atoms with Gasteiger partial charge in [0.25, 0.3) is 5.69 Å². The number of nitro groups is 1. The zero-order valence-electron chi connectivity index (χ0n) is 10.3. The summed E-state index contributed by atoms with van der Waals surface area (Å²) in [6, 6.07) is 5.04. The number of halogens is 1. The number of nitro benzene ring substituents is 1. The Morgan fingerprint density at radius 1 is 1.44 bits per heavy atom. The Kier molecular flexibility index (Phi) is 6.96. The van der Waals surface area contributed by atoms with Crippen molar-refractivity contribution in [3.8, 4) is 0 Å². The van der Waals surface area contributed by atoms with E-state index in [1.165, 1.54) is 6.07 Å². The summed E-state index contributed by atoms with van der Waals surface area (Å²) in [6.45, 7) is 4.43. The lowest BCUT2D eigenvalue weighted by Crippen LogP contribution is -2.06. The minimum atomic E-state index is -0.371. The lowest BCUT2D eigenvalue weighted by Gasteiger charge is -2.07. The fraction of sp³-hybridized carbons (Fsp3) is 0.500. The average Bonchev–Trinajstić information content (AvgIpc) is 2.33. The second kappa shape index (κ2) is 8.25. The van der Waals surface area contributed by atoms with Gasteiger partial charge in [0.15, 0.2) is 0 Å². The van der Waals surface area contributed by atoms with E-state index in [-0.39, 0.29) is 10.6 Å². The Balaban J connectivity index is 2.35. The van der Waals surface area contributed by atoms with E-state index >= 15 is 0 Å². The number of ether oxygens (including phenoxy) is 1. The van der Waals surface area contributed by atoms with Gasteiger partial charge in [0.05, 0.1) is 8.49 Å². The Morgan fingerprint density at radius 2 is 2.22 bits per heavy atom. The van der Waals surface area contributed by atoms with Gasteiger partial charge in [0, 0.05) is 31.5 Å². The van der Waals surface area contributed by atoms with Crippen molar-refractivity contribution in [1.82, 2.24) is 0 Å². The summed E-state index contributed by atoms with van der Waals surface area (Å²) in [5.74, 6) is 0. The first-order chi connectivity index (χ1) is 8.65. The topological polar surface area (TPSA) is 64.4 Å². The highest BCUT2D eigenvalue weighted by Crippen LogP contribution is 2.23. The van der Waals surface area contributed by atoms with E-state index in [1.807, 2.05) is 22.6 Å². The molecule has 5 nitrogen and oxygen atoms in total. The molecule has 0 saturated carbocycles. The third kappa shape index (κ3) is 5.18. The van der Waals surface area contributed by atoms with E-state index in [4.69, 9.17) is 4.74 Å². The third-order valence-corrected chi connectivity index (χ3v) is 3.15. The largest absolute Gasteiger partial charge is 0.385 e. The second-order valence-electron chi connectivity index (χ2n) is 3.82. The highest BCUT2D eigenvalue weighted by atomic mass is 127. The Bertz CT molecular complexity index is 399. The van der Waals surface area contributed by atoms with Gasteiger partial charge in [-0.1, -0.05) is 6.92 Å². The van der Waals surface area contributed by atoms with Gasteiger partial charge in [-0.05, 0) is 47.6 Å². The molecule has 0 radical (unpaired) electrons. The van der Waals surface area contributed by atoms with Crippen molar-refractivity contribution in [2.45, 2.75) is 19.8 Å². The van der Waals surface area contributed by atoms with Gasteiger partial charge in [0.2, 0.25) is 0 Å². The van der Waals surface area contributed by atoms with Crippen LogP contribution < -0.4 is 5.32 Å². The molecule has 1 rings (SSSR count). The van der Waals surface area contributed by atoms with Crippen LogP contribution in [0, 0.1) is 13.7 Å². The molecule has 0 spiro atoms. The fourth-order valence-electron chi connectivity index (χ4n) is 1.42. The van der Waals surface area contributed by atoms with Gasteiger partial charge < -0.3 is 10.1 Å². The van der Waals surface area contributed by atoms with Gasteiger partial charge in [-0.3, -0.25) is 10.1 Å². The Hall–Kier alpha value is -0.890. The number of hydrogen-bond acceptors (Lipinski definition) is 4. The molecule has 0 atom stereocenters. The number of nitrogens with zero attached hydrogens (tertiary/aromatic N) is 1. The molecule has 0 aliphatic rings. The number of benzene rings is 1. The summed E-state index contributed by atoms with van der Waals surface area (Å²) < 4.78 is 6.01. The molecule has 0 heterocycles. The zero-order chi connectivity index (χ0) is 13.4. The van der Waals surface area contributed by atoms with Crippen molar-refractivity contribution in [2.24, 2.45) is 0 Å². The minimum Gasteiger partial charge on any atom is -0.385 e. The summed E-state index contributed by atoms with van der Waals surface area (Å²) in [5.41, 5.74) is 1.05. The summed E-state index contributed by atoms with van der Waals surface area (Å²) in [4.78, 5) is 10.3. The molecule has 0 saturated heterocycles. The molecule has 6 heteroatoms. The average molecular weight is 364 g/mol. The van der Waals surface area contributed by atoms with Crippen molar-refractivity contribution in [3.05, 3.63) is 31.9 Å². The van der Waals surface area contributed by atoms with Crippen LogP contribution in [0.1, 0.15) is 19.8 Å². The number of rotatable bonds is 8. The van der Waals surface area contributed by atoms with Crippen LogP contribution >= 0.6 is 22.6 Å². The quantitative estimate of drug-likeness (QED) is 0.332. The molecule has 18 heavy (non-hydrogen) atoms.